The normalized spacial score (nSPS) is 11.0. The smallest absolute Gasteiger partial charge is 0.338 e. The van der Waals surface area contributed by atoms with Crippen molar-refractivity contribution >= 4 is 17.0 Å². The van der Waals surface area contributed by atoms with Gasteiger partial charge in [-0.25, -0.2) is 9.48 Å². The van der Waals surface area contributed by atoms with Crippen LogP contribution in [0.4, 0.5) is 0 Å². The van der Waals surface area contributed by atoms with Crippen molar-refractivity contribution in [3.05, 3.63) is 59.7 Å². The number of carbonyl (C=O) groups is 1. The molecule has 3 rings (SSSR count). The van der Waals surface area contributed by atoms with Crippen LogP contribution >= 0.6 is 0 Å². The molecule has 0 aliphatic heterocycles. The highest BCUT2D eigenvalue weighted by Crippen LogP contribution is 2.13. The van der Waals surface area contributed by atoms with Gasteiger partial charge in [0.15, 0.2) is 0 Å². The van der Waals surface area contributed by atoms with Crippen molar-refractivity contribution < 1.29 is 9.53 Å². The minimum absolute atomic E-state index is 0.117. The predicted molar refractivity (Wildman–Crippen MR) is 83.6 cm³/mol. The lowest BCUT2D eigenvalue weighted by Gasteiger charge is -2.08. The van der Waals surface area contributed by atoms with Gasteiger partial charge in [0.05, 0.1) is 23.7 Å². The molecule has 22 heavy (non-hydrogen) atoms. The second kappa shape index (κ2) is 5.97. The van der Waals surface area contributed by atoms with E-state index in [-0.39, 0.29) is 12.1 Å². The molecule has 0 saturated heterocycles. The van der Waals surface area contributed by atoms with E-state index >= 15 is 0 Å². The Kier molecular flexibility index (Phi) is 3.87. The summed E-state index contributed by atoms with van der Waals surface area (Å²) in [6.45, 7) is 4.28. The number of hydrogen-bond acceptors (Lipinski definition) is 4. The maximum Gasteiger partial charge on any atom is 0.338 e. The zero-order chi connectivity index (χ0) is 15.5. The van der Waals surface area contributed by atoms with Gasteiger partial charge in [-0.3, -0.25) is 0 Å². The zero-order valence-electron chi connectivity index (χ0n) is 12.6. The first-order valence-electron chi connectivity index (χ1n) is 7.21. The summed E-state index contributed by atoms with van der Waals surface area (Å²) in [6, 6.07) is 15.2. The third-order valence-electron chi connectivity index (χ3n) is 3.28. The molecule has 0 saturated carbocycles. The van der Waals surface area contributed by atoms with E-state index in [0.717, 1.165) is 16.6 Å². The number of nitrogens with zero attached hydrogens (tertiary/aromatic N) is 3. The molecule has 3 aromatic rings. The minimum Gasteiger partial charge on any atom is -0.459 e. The van der Waals surface area contributed by atoms with Gasteiger partial charge in [-0.05, 0) is 43.7 Å². The van der Waals surface area contributed by atoms with Crippen LogP contribution in [0.1, 0.15) is 29.8 Å². The molecule has 0 atom stereocenters. The van der Waals surface area contributed by atoms with Gasteiger partial charge in [0, 0.05) is 0 Å². The fourth-order valence-corrected chi connectivity index (χ4v) is 2.24. The maximum atomic E-state index is 11.8. The molecule has 0 aliphatic carbocycles. The van der Waals surface area contributed by atoms with Crippen LogP contribution in [0.5, 0.6) is 0 Å². The number of carbonyl (C=O) groups excluding carboxylic acids is 1. The van der Waals surface area contributed by atoms with Crippen molar-refractivity contribution in [3.63, 3.8) is 0 Å². The van der Waals surface area contributed by atoms with Crippen LogP contribution in [-0.2, 0) is 11.3 Å². The van der Waals surface area contributed by atoms with E-state index in [9.17, 15) is 4.79 Å². The van der Waals surface area contributed by atoms with Gasteiger partial charge >= 0.3 is 5.97 Å². The van der Waals surface area contributed by atoms with Crippen LogP contribution in [0, 0.1) is 0 Å². The largest absolute Gasteiger partial charge is 0.459 e. The predicted octanol–water partition coefficient (Wildman–Crippen LogP) is 3.04. The average molecular weight is 295 g/mol. The Hall–Kier alpha value is -2.69. The van der Waals surface area contributed by atoms with Crippen molar-refractivity contribution in [3.8, 4) is 0 Å². The maximum absolute atomic E-state index is 11.8. The molecule has 5 heteroatoms. The van der Waals surface area contributed by atoms with Gasteiger partial charge in [-0.15, -0.1) is 5.10 Å². The molecule has 5 nitrogen and oxygen atoms in total. The van der Waals surface area contributed by atoms with Crippen molar-refractivity contribution in [2.24, 2.45) is 0 Å². The molecule has 0 radical (unpaired) electrons. The number of ether oxygens (including phenoxy) is 1. The number of para-hydroxylation sites is 1. The van der Waals surface area contributed by atoms with Gasteiger partial charge in [-0.2, -0.15) is 0 Å². The number of fused-ring (bicyclic) bond motifs is 1. The summed E-state index contributed by atoms with van der Waals surface area (Å²) in [7, 11) is 0. The summed E-state index contributed by atoms with van der Waals surface area (Å²) in [5, 5.41) is 8.29. The van der Waals surface area contributed by atoms with Gasteiger partial charge in [0.25, 0.3) is 0 Å². The Labute approximate surface area is 128 Å². The summed E-state index contributed by atoms with van der Waals surface area (Å²) in [5.41, 5.74) is 3.48. The SMILES string of the molecule is CC(C)OC(=O)c1ccc(Cn2nnc3ccccc32)cc1. The molecule has 0 bridgehead atoms. The Morgan fingerprint density at radius 3 is 2.59 bits per heavy atom. The molecule has 0 spiro atoms. The number of esters is 1. The summed E-state index contributed by atoms with van der Waals surface area (Å²) in [6.07, 6.45) is -0.117. The standard InChI is InChI=1S/C17H17N3O2/c1-12(2)22-17(21)14-9-7-13(8-10-14)11-20-16-6-4-3-5-15(16)18-19-20/h3-10,12H,11H2,1-2H3. The van der Waals surface area contributed by atoms with Crippen LogP contribution in [0.25, 0.3) is 11.0 Å². The Bertz CT molecular complexity index is 791. The molecule has 0 unspecified atom stereocenters. The van der Waals surface area contributed by atoms with Crippen LogP contribution in [-0.4, -0.2) is 27.1 Å². The first-order valence-corrected chi connectivity index (χ1v) is 7.21. The number of benzene rings is 2. The number of rotatable bonds is 4. The lowest BCUT2D eigenvalue weighted by atomic mass is 10.1. The Balaban J connectivity index is 1.77. The highest BCUT2D eigenvalue weighted by atomic mass is 16.5. The average Bonchev–Trinajstić information content (AvgIpc) is 2.91. The van der Waals surface area contributed by atoms with Crippen LogP contribution in [0.3, 0.4) is 0 Å². The highest BCUT2D eigenvalue weighted by molar-refractivity contribution is 5.89. The summed E-state index contributed by atoms with van der Waals surface area (Å²) >= 11 is 0. The quantitative estimate of drug-likeness (QED) is 0.694. The van der Waals surface area contributed by atoms with E-state index in [1.165, 1.54) is 0 Å². The monoisotopic (exact) mass is 295 g/mol. The first kappa shape index (κ1) is 14.3. The molecular weight excluding hydrogens is 278 g/mol. The second-order valence-corrected chi connectivity index (χ2v) is 5.39. The zero-order valence-corrected chi connectivity index (χ0v) is 12.6. The Morgan fingerprint density at radius 2 is 1.86 bits per heavy atom. The van der Waals surface area contributed by atoms with E-state index in [1.807, 2.05) is 54.9 Å². The second-order valence-electron chi connectivity index (χ2n) is 5.39. The fraction of sp³-hybridized carbons (Fsp3) is 0.235. The molecule has 2 aromatic carbocycles. The molecule has 1 heterocycles. The molecule has 0 fully saturated rings. The van der Waals surface area contributed by atoms with E-state index in [1.54, 1.807) is 12.1 Å². The van der Waals surface area contributed by atoms with Crippen LogP contribution < -0.4 is 0 Å². The first-order chi connectivity index (χ1) is 10.6. The lowest BCUT2D eigenvalue weighted by molar-refractivity contribution is 0.0378. The van der Waals surface area contributed by atoms with Crippen molar-refractivity contribution in [1.29, 1.82) is 0 Å². The number of aromatic nitrogens is 3. The van der Waals surface area contributed by atoms with E-state index in [0.29, 0.717) is 12.1 Å². The van der Waals surface area contributed by atoms with Gasteiger partial charge in [-0.1, -0.05) is 29.5 Å². The lowest BCUT2D eigenvalue weighted by Crippen LogP contribution is -2.11. The molecule has 0 aliphatic rings. The van der Waals surface area contributed by atoms with Gasteiger partial charge in [0.2, 0.25) is 0 Å². The van der Waals surface area contributed by atoms with E-state index in [2.05, 4.69) is 10.3 Å². The minimum atomic E-state index is -0.298. The number of hydrogen-bond donors (Lipinski definition) is 0. The Morgan fingerprint density at radius 1 is 1.14 bits per heavy atom. The molecule has 0 N–H and O–H groups in total. The fourth-order valence-electron chi connectivity index (χ4n) is 2.24. The van der Waals surface area contributed by atoms with Crippen LogP contribution in [0.15, 0.2) is 48.5 Å². The van der Waals surface area contributed by atoms with Gasteiger partial charge in [0.1, 0.15) is 5.52 Å². The van der Waals surface area contributed by atoms with Gasteiger partial charge < -0.3 is 4.74 Å². The van der Waals surface area contributed by atoms with Crippen molar-refractivity contribution in [1.82, 2.24) is 15.0 Å². The molecule has 0 amide bonds. The van der Waals surface area contributed by atoms with E-state index in [4.69, 9.17) is 4.74 Å². The summed E-state index contributed by atoms with van der Waals surface area (Å²) in [5.74, 6) is -0.298. The van der Waals surface area contributed by atoms with Crippen LogP contribution in [0.2, 0.25) is 0 Å². The van der Waals surface area contributed by atoms with E-state index < -0.39 is 0 Å². The molecular formula is C17H17N3O2. The molecule has 112 valence electrons. The topological polar surface area (TPSA) is 57.0 Å². The molecule has 1 aromatic heterocycles. The highest BCUT2D eigenvalue weighted by Gasteiger charge is 2.09. The van der Waals surface area contributed by atoms with Crippen molar-refractivity contribution in [2.75, 3.05) is 0 Å². The third kappa shape index (κ3) is 2.98. The summed E-state index contributed by atoms with van der Waals surface area (Å²) < 4.78 is 7.02. The van der Waals surface area contributed by atoms with Crippen molar-refractivity contribution in [2.45, 2.75) is 26.5 Å². The third-order valence-corrected chi connectivity index (χ3v) is 3.28. The summed E-state index contributed by atoms with van der Waals surface area (Å²) in [4.78, 5) is 11.8.